The van der Waals surface area contributed by atoms with Crippen LogP contribution in [0.5, 0.6) is 0 Å². The van der Waals surface area contributed by atoms with Crippen LogP contribution in [0, 0.1) is 5.41 Å². The first-order valence-electron chi connectivity index (χ1n) is 6.53. The van der Waals surface area contributed by atoms with Crippen molar-refractivity contribution < 1.29 is 4.79 Å². The van der Waals surface area contributed by atoms with Gasteiger partial charge >= 0.3 is 0 Å². The van der Waals surface area contributed by atoms with Crippen LogP contribution in [-0.4, -0.2) is 16.6 Å². The Morgan fingerprint density at radius 3 is 2.62 bits per heavy atom. The quantitative estimate of drug-likeness (QED) is 0.721. The van der Waals surface area contributed by atoms with Crippen molar-refractivity contribution in [2.45, 2.75) is 0 Å². The molecule has 0 saturated carbocycles. The van der Waals surface area contributed by atoms with E-state index in [4.69, 9.17) is 5.41 Å². The number of nitrogens with one attached hydrogen (secondary N) is 2. The van der Waals surface area contributed by atoms with E-state index in [-0.39, 0.29) is 5.71 Å². The van der Waals surface area contributed by atoms with Gasteiger partial charge in [0, 0.05) is 29.0 Å². The van der Waals surface area contributed by atoms with Gasteiger partial charge in [-0.05, 0) is 23.6 Å². The van der Waals surface area contributed by atoms with Crippen molar-refractivity contribution in [2.75, 3.05) is 5.32 Å². The van der Waals surface area contributed by atoms with E-state index in [1.54, 1.807) is 42.7 Å². The van der Waals surface area contributed by atoms with E-state index in [2.05, 4.69) is 10.3 Å². The zero-order chi connectivity index (χ0) is 14.7. The van der Waals surface area contributed by atoms with Crippen LogP contribution in [0.3, 0.4) is 0 Å². The van der Waals surface area contributed by atoms with Crippen LogP contribution in [0.2, 0.25) is 0 Å². The number of pyridine rings is 1. The maximum absolute atomic E-state index is 12.1. The van der Waals surface area contributed by atoms with E-state index in [1.165, 1.54) is 0 Å². The Morgan fingerprint density at radius 2 is 1.81 bits per heavy atom. The molecule has 0 radical (unpaired) electrons. The monoisotopic (exact) mass is 275 g/mol. The maximum atomic E-state index is 12.1. The molecule has 0 aliphatic carbocycles. The van der Waals surface area contributed by atoms with Crippen LogP contribution in [0.25, 0.3) is 10.8 Å². The highest BCUT2D eigenvalue weighted by atomic mass is 16.1. The van der Waals surface area contributed by atoms with Crippen LogP contribution in [0.4, 0.5) is 5.69 Å². The lowest BCUT2D eigenvalue weighted by atomic mass is 10.1. The molecule has 0 aliphatic rings. The second-order valence-electron chi connectivity index (χ2n) is 4.63. The van der Waals surface area contributed by atoms with Crippen LogP contribution in [-0.2, 0) is 4.79 Å². The Balaban J connectivity index is 1.81. The van der Waals surface area contributed by atoms with Gasteiger partial charge in [0.2, 0.25) is 0 Å². The minimum atomic E-state index is -0.422. The third kappa shape index (κ3) is 2.79. The van der Waals surface area contributed by atoms with Gasteiger partial charge in [-0.1, -0.05) is 36.4 Å². The fourth-order valence-electron chi connectivity index (χ4n) is 2.09. The number of fused-ring (bicyclic) bond motifs is 1. The SMILES string of the molecule is N=C(C(=O)Nc1ccc2cnccc2c1)c1ccccc1. The van der Waals surface area contributed by atoms with Crippen molar-refractivity contribution >= 4 is 28.1 Å². The molecule has 102 valence electrons. The molecule has 1 amide bonds. The number of carbonyl (C=O) groups excluding carboxylic acids is 1. The molecular weight excluding hydrogens is 262 g/mol. The molecule has 0 fully saturated rings. The summed E-state index contributed by atoms with van der Waals surface area (Å²) < 4.78 is 0. The van der Waals surface area contributed by atoms with Crippen LogP contribution in [0.1, 0.15) is 5.56 Å². The van der Waals surface area contributed by atoms with Crippen molar-refractivity contribution in [1.29, 1.82) is 5.41 Å². The molecule has 0 bridgehead atoms. The first-order valence-corrected chi connectivity index (χ1v) is 6.53. The summed E-state index contributed by atoms with van der Waals surface area (Å²) in [5, 5.41) is 12.7. The van der Waals surface area contributed by atoms with Gasteiger partial charge in [-0.2, -0.15) is 0 Å². The second kappa shape index (κ2) is 5.54. The van der Waals surface area contributed by atoms with Crippen molar-refractivity contribution in [3.63, 3.8) is 0 Å². The Labute approximate surface area is 122 Å². The normalized spacial score (nSPS) is 10.3. The molecule has 2 aromatic carbocycles. The van der Waals surface area contributed by atoms with Gasteiger partial charge < -0.3 is 5.32 Å². The van der Waals surface area contributed by atoms with Crippen LogP contribution >= 0.6 is 0 Å². The Hall–Kier alpha value is -3.01. The Bertz CT molecular complexity index is 812. The minimum absolute atomic E-state index is 0.0505. The van der Waals surface area contributed by atoms with Gasteiger partial charge in [0.15, 0.2) is 0 Å². The number of rotatable bonds is 3. The molecule has 2 N–H and O–H groups in total. The average Bonchev–Trinajstić information content (AvgIpc) is 2.55. The first kappa shape index (κ1) is 13.0. The second-order valence-corrected chi connectivity index (χ2v) is 4.63. The number of aromatic nitrogens is 1. The molecule has 21 heavy (non-hydrogen) atoms. The molecule has 3 aromatic rings. The summed E-state index contributed by atoms with van der Waals surface area (Å²) in [7, 11) is 0. The van der Waals surface area contributed by atoms with Crippen molar-refractivity contribution in [1.82, 2.24) is 4.98 Å². The number of benzene rings is 2. The third-order valence-electron chi connectivity index (χ3n) is 3.19. The molecular formula is C17H13N3O. The summed E-state index contributed by atoms with van der Waals surface area (Å²) in [5.41, 5.74) is 1.21. The smallest absolute Gasteiger partial charge is 0.274 e. The number of carbonyl (C=O) groups is 1. The summed E-state index contributed by atoms with van der Waals surface area (Å²) in [6.07, 6.45) is 3.48. The predicted octanol–water partition coefficient (Wildman–Crippen LogP) is 3.24. The molecule has 0 atom stereocenters. The van der Waals surface area contributed by atoms with Crippen molar-refractivity contribution in [3.8, 4) is 0 Å². The Kier molecular flexibility index (Phi) is 3.43. The largest absolute Gasteiger partial charge is 0.321 e. The summed E-state index contributed by atoms with van der Waals surface area (Å²) >= 11 is 0. The summed E-state index contributed by atoms with van der Waals surface area (Å²) in [4.78, 5) is 16.2. The van der Waals surface area contributed by atoms with Crippen molar-refractivity contribution in [2.24, 2.45) is 0 Å². The summed E-state index contributed by atoms with van der Waals surface area (Å²) in [6.45, 7) is 0. The zero-order valence-electron chi connectivity index (χ0n) is 11.2. The molecule has 4 heteroatoms. The topological polar surface area (TPSA) is 65.8 Å². The lowest BCUT2D eigenvalue weighted by Crippen LogP contribution is -2.22. The van der Waals surface area contributed by atoms with Gasteiger partial charge in [-0.15, -0.1) is 0 Å². The van der Waals surface area contributed by atoms with E-state index in [0.29, 0.717) is 11.3 Å². The van der Waals surface area contributed by atoms with E-state index >= 15 is 0 Å². The van der Waals surface area contributed by atoms with Gasteiger partial charge in [-0.25, -0.2) is 0 Å². The first-order chi connectivity index (χ1) is 10.2. The fourth-order valence-corrected chi connectivity index (χ4v) is 2.09. The summed E-state index contributed by atoms with van der Waals surface area (Å²) in [5.74, 6) is -0.422. The molecule has 1 heterocycles. The predicted molar refractivity (Wildman–Crippen MR) is 83.6 cm³/mol. The third-order valence-corrected chi connectivity index (χ3v) is 3.19. The molecule has 0 aliphatic heterocycles. The fraction of sp³-hybridized carbons (Fsp3) is 0. The zero-order valence-corrected chi connectivity index (χ0v) is 11.2. The van der Waals surface area contributed by atoms with Gasteiger partial charge in [0.25, 0.3) is 5.91 Å². The lowest BCUT2D eigenvalue weighted by Gasteiger charge is -2.07. The summed E-state index contributed by atoms with van der Waals surface area (Å²) in [6, 6.07) is 16.4. The van der Waals surface area contributed by atoms with E-state index < -0.39 is 5.91 Å². The molecule has 1 aromatic heterocycles. The number of hydrogen-bond donors (Lipinski definition) is 2. The number of anilines is 1. The molecule has 3 rings (SSSR count). The Morgan fingerprint density at radius 1 is 1.00 bits per heavy atom. The highest BCUT2D eigenvalue weighted by Gasteiger charge is 2.11. The molecule has 0 spiro atoms. The highest BCUT2D eigenvalue weighted by molar-refractivity contribution is 6.47. The van der Waals surface area contributed by atoms with E-state index in [1.807, 2.05) is 24.3 Å². The van der Waals surface area contributed by atoms with E-state index in [9.17, 15) is 4.79 Å². The molecule has 0 unspecified atom stereocenters. The standard InChI is InChI=1S/C17H13N3O/c18-16(12-4-2-1-3-5-12)17(21)20-15-7-6-14-11-19-9-8-13(14)10-15/h1-11,18H,(H,20,21). The van der Waals surface area contributed by atoms with Crippen LogP contribution < -0.4 is 5.32 Å². The van der Waals surface area contributed by atoms with E-state index in [0.717, 1.165) is 10.8 Å². The lowest BCUT2D eigenvalue weighted by molar-refractivity contribution is -0.110. The van der Waals surface area contributed by atoms with Crippen LogP contribution in [0.15, 0.2) is 67.0 Å². The molecule has 0 saturated heterocycles. The van der Waals surface area contributed by atoms with Gasteiger partial charge in [-0.3, -0.25) is 15.2 Å². The number of amides is 1. The average molecular weight is 275 g/mol. The van der Waals surface area contributed by atoms with Crippen molar-refractivity contribution in [3.05, 3.63) is 72.6 Å². The number of hydrogen-bond acceptors (Lipinski definition) is 3. The minimum Gasteiger partial charge on any atom is -0.321 e. The number of nitrogens with zero attached hydrogens (tertiary/aromatic N) is 1. The van der Waals surface area contributed by atoms with Gasteiger partial charge in [0.05, 0.1) is 0 Å². The maximum Gasteiger partial charge on any atom is 0.274 e. The molecule has 4 nitrogen and oxygen atoms in total. The highest BCUT2D eigenvalue weighted by Crippen LogP contribution is 2.18. The van der Waals surface area contributed by atoms with Gasteiger partial charge in [0.1, 0.15) is 5.71 Å².